The fraction of sp³-hybridized carbons (Fsp3) is 0.812. The van der Waals surface area contributed by atoms with Gasteiger partial charge in [-0.1, -0.05) is 51.2 Å². The van der Waals surface area contributed by atoms with E-state index in [-0.39, 0.29) is 30.4 Å². The first-order valence-corrected chi connectivity index (χ1v) is 7.78. The summed E-state index contributed by atoms with van der Waals surface area (Å²) in [7, 11) is 0. The molecule has 2 rings (SSSR count). The molecule has 1 fully saturated rings. The van der Waals surface area contributed by atoms with Crippen LogP contribution in [0.2, 0.25) is 0 Å². The van der Waals surface area contributed by atoms with Crippen molar-refractivity contribution in [1.82, 2.24) is 5.32 Å². The van der Waals surface area contributed by atoms with E-state index in [1.807, 2.05) is 19.1 Å². The van der Waals surface area contributed by atoms with Crippen LogP contribution in [-0.2, 0) is 4.79 Å². The smallest absolute Gasteiger partial charge is 0.223 e. The minimum absolute atomic E-state index is 0.115. The highest BCUT2D eigenvalue weighted by atomic mass is 16.3. The molecule has 1 unspecified atom stereocenters. The monoisotopic (exact) mass is 265 g/mol. The van der Waals surface area contributed by atoms with Gasteiger partial charge in [-0.15, -0.1) is 0 Å². The Bertz CT molecular complexity index is 321. The molecule has 0 heterocycles. The summed E-state index contributed by atoms with van der Waals surface area (Å²) in [5.74, 6) is 1.27. The highest BCUT2D eigenvalue weighted by molar-refractivity contribution is 5.78. The molecule has 3 nitrogen and oxygen atoms in total. The van der Waals surface area contributed by atoms with Gasteiger partial charge in [0.2, 0.25) is 5.91 Å². The van der Waals surface area contributed by atoms with Gasteiger partial charge >= 0.3 is 0 Å². The Morgan fingerprint density at radius 3 is 2.68 bits per heavy atom. The van der Waals surface area contributed by atoms with E-state index in [9.17, 15) is 4.79 Å². The molecule has 3 heteroatoms. The molecule has 0 saturated heterocycles. The number of rotatable bonds is 5. The molecule has 3 atom stereocenters. The van der Waals surface area contributed by atoms with Gasteiger partial charge in [-0.25, -0.2) is 0 Å². The molecule has 0 aromatic heterocycles. The second-order valence-electron chi connectivity index (χ2n) is 6.32. The predicted octanol–water partition coefficient (Wildman–Crippen LogP) is 2.65. The van der Waals surface area contributed by atoms with E-state index in [0.29, 0.717) is 0 Å². The molecule has 0 aromatic rings. The lowest BCUT2D eigenvalue weighted by atomic mass is 9.83. The van der Waals surface area contributed by atoms with E-state index in [1.54, 1.807) is 0 Å². The van der Waals surface area contributed by atoms with E-state index >= 15 is 0 Å². The van der Waals surface area contributed by atoms with Crippen molar-refractivity contribution in [2.45, 2.75) is 57.9 Å². The van der Waals surface area contributed by atoms with Crippen LogP contribution in [0.15, 0.2) is 12.2 Å². The molecule has 0 spiro atoms. The topological polar surface area (TPSA) is 49.3 Å². The van der Waals surface area contributed by atoms with Crippen LogP contribution in [0.5, 0.6) is 0 Å². The van der Waals surface area contributed by atoms with Gasteiger partial charge in [0, 0.05) is 24.5 Å². The van der Waals surface area contributed by atoms with Gasteiger partial charge in [0.1, 0.15) is 0 Å². The summed E-state index contributed by atoms with van der Waals surface area (Å²) in [6, 6.07) is 0.124. The van der Waals surface area contributed by atoms with E-state index in [1.165, 1.54) is 32.1 Å². The molecule has 2 aliphatic carbocycles. The van der Waals surface area contributed by atoms with Crippen molar-refractivity contribution in [3.8, 4) is 0 Å². The van der Waals surface area contributed by atoms with Crippen molar-refractivity contribution < 1.29 is 9.90 Å². The van der Waals surface area contributed by atoms with Crippen LogP contribution in [0.25, 0.3) is 0 Å². The molecule has 0 aromatic carbocycles. The average molecular weight is 265 g/mol. The second-order valence-corrected chi connectivity index (χ2v) is 6.32. The summed E-state index contributed by atoms with van der Waals surface area (Å²) < 4.78 is 0. The summed E-state index contributed by atoms with van der Waals surface area (Å²) in [5.41, 5.74) is 0. The maximum absolute atomic E-state index is 12.2. The minimum atomic E-state index is 0.115. The molecular formula is C16H27NO2. The summed E-state index contributed by atoms with van der Waals surface area (Å²) in [6.07, 6.45) is 12.5. The third kappa shape index (κ3) is 4.34. The van der Waals surface area contributed by atoms with Crippen molar-refractivity contribution in [3.05, 3.63) is 12.2 Å². The maximum Gasteiger partial charge on any atom is 0.223 e. The predicted molar refractivity (Wildman–Crippen MR) is 76.6 cm³/mol. The zero-order chi connectivity index (χ0) is 13.7. The van der Waals surface area contributed by atoms with Crippen LogP contribution in [0.4, 0.5) is 0 Å². The van der Waals surface area contributed by atoms with Crippen LogP contribution in [0, 0.1) is 17.8 Å². The zero-order valence-corrected chi connectivity index (χ0v) is 12.0. The van der Waals surface area contributed by atoms with E-state index in [2.05, 4.69) is 5.32 Å². The molecule has 0 radical (unpaired) electrons. The zero-order valence-electron chi connectivity index (χ0n) is 12.0. The Morgan fingerprint density at radius 1 is 1.32 bits per heavy atom. The lowest BCUT2D eigenvalue weighted by molar-refractivity contribution is -0.125. The van der Waals surface area contributed by atoms with Crippen LogP contribution in [0.1, 0.15) is 51.9 Å². The fourth-order valence-electron chi connectivity index (χ4n) is 3.37. The Morgan fingerprint density at radius 2 is 2.05 bits per heavy atom. The maximum atomic E-state index is 12.2. The Labute approximate surface area is 116 Å². The van der Waals surface area contributed by atoms with E-state index in [0.717, 1.165) is 18.8 Å². The van der Waals surface area contributed by atoms with Gasteiger partial charge in [0.05, 0.1) is 0 Å². The van der Waals surface area contributed by atoms with Gasteiger partial charge < -0.3 is 10.4 Å². The summed E-state index contributed by atoms with van der Waals surface area (Å²) >= 11 is 0. The van der Waals surface area contributed by atoms with Crippen LogP contribution >= 0.6 is 0 Å². The van der Waals surface area contributed by atoms with Crippen molar-refractivity contribution in [2.75, 3.05) is 6.61 Å². The van der Waals surface area contributed by atoms with Crippen molar-refractivity contribution >= 4 is 5.91 Å². The lowest BCUT2D eigenvalue weighted by Gasteiger charge is -2.25. The molecular weight excluding hydrogens is 238 g/mol. The normalized spacial score (nSPS) is 29.4. The molecule has 1 amide bonds. The molecule has 2 N–H and O–H groups in total. The molecule has 0 bridgehead atoms. The number of hydrogen-bond acceptors (Lipinski definition) is 2. The third-order valence-corrected chi connectivity index (χ3v) is 4.59. The Kier molecular flexibility index (Phi) is 5.44. The number of carbonyl (C=O) groups excluding carboxylic acids is 1. The van der Waals surface area contributed by atoms with Crippen LogP contribution in [0.3, 0.4) is 0 Å². The first kappa shape index (κ1) is 14.6. The van der Waals surface area contributed by atoms with Crippen molar-refractivity contribution in [2.24, 2.45) is 17.8 Å². The minimum Gasteiger partial charge on any atom is -0.396 e. The number of carbonyl (C=O) groups is 1. The van der Waals surface area contributed by atoms with Crippen LogP contribution < -0.4 is 5.32 Å². The SMILES string of the molecule is CC(CC1CCCCC1)C(=O)N[C@@H]1C=C[C@H](CO)C1. The van der Waals surface area contributed by atoms with Gasteiger partial charge in [-0.2, -0.15) is 0 Å². The number of aliphatic hydroxyl groups is 1. The van der Waals surface area contributed by atoms with E-state index < -0.39 is 0 Å². The number of hydrogen-bond donors (Lipinski definition) is 2. The first-order valence-electron chi connectivity index (χ1n) is 7.78. The molecule has 1 saturated carbocycles. The third-order valence-electron chi connectivity index (χ3n) is 4.59. The molecule has 108 valence electrons. The quantitative estimate of drug-likeness (QED) is 0.751. The first-order chi connectivity index (χ1) is 9.19. The molecule has 2 aliphatic rings. The van der Waals surface area contributed by atoms with Gasteiger partial charge in [-0.3, -0.25) is 4.79 Å². The standard InChI is InChI=1S/C16H27NO2/c1-12(9-13-5-3-2-4-6-13)16(19)17-15-8-7-14(10-15)11-18/h7-8,12-15,18H,2-6,9-11H2,1H3,(H,17,19)/t12?,14-,15+/m0/s1. The molecule has 0 aliphatic heterocycles. The number of amides is 1. The summed E-state index contributed by atoms with van der Waals surface area (Å²) in [5, 5.41) is 12.2. The summed E-state index contributed by atoms with van der Waals surface area (Å²) in [6.45, 7) is 2.23. The van der Waals surface area contributed by atoms with Crippen molar-refractivity contribution in [1.29, 1.82) is 0 Å². The Hall–Kier alpha value is -0.830. The van der Waals surface area contributed by atoms with Gasteiger partial charge in [-0.05, 0) is 18.8 Å². The average Bonchev–Trinajstić information content (AvgIpc) is 2.87. The number of nitrogens with one attached hydrogen (secondary N) is 1. The largest absolute Gasteiger partial charge is 0.396 e. The van der Waals surface area contributed by atoms with Crippen LogP contribution in [-0.4, -0.2) is 23.7 Å². The lowest BCUT2D eigenvalue weighted by Crippen LogP contribution is -2.37. The highest BCUT2D eigenvalue weighted by Gasteiger charge is 2.24. The number of aliphatic hydroxyl groups excluding tert-OH is 1. The van der Waals surface area contributed by atoms with Gasteiger partial charge in [0.25, 0.3) is 0 Å². The fourth-order valence-corrected chi connectivity index (χ4v) is 3.37. The van der Waals surface area contributed by atoms with E-state index in [4.69, 9.17) is 5.11 Å². The van der Waals surface area contributed by atoms with Crippen molar-refractivity contribution in [3.63, 3.8) is 0 Å². The highest BCUT2D eigenvalue weighted by Crippen LogP contribution is 2.29. The summed E-state index contributed by atoms with van der Waals surface area (Å²) in [4.78, 5) is 12.2. The van der Waals surface area contributed by atoms with Gasteiger partial charge in [0.15, 0.2) is 0 Å². The Balaban J connectivity index is 1.71. The molecule has 19 heavy (non-hydrogen) atoms. The second kappa shape index (κ2) is 7.09.